The monoisotopic (exact) mass is 226 g/mol. The second-order valence-electron chi connectivity index (χ2n) is 3.84. The molecule has 1 atom stereocenters. The van der Waals surface area contributed by atoms with Crippen LogP contribution >= 0.6 is 11.6 Å². The molecular formula is C10H15ClN4. The predicted molar refractivity (Wildman–Crippen MR) is 59.8 cm³/mol. The van der Waals surface area contributed by atoms with Crippen LogP contribution in [0.2, 0.25) is 5.28 Å². The molecule has 0 amide bonds. The van der Waals surface area contributed by atoms with Gasteiger partial charge in [0.2, 0.25) is 5.28 Å². The van der Waals surface area contributed by atoms with E-state index in [0.717, 1.165) is 31.9 Å². The summed E-state index contributed by atoms with van der Waals surface area (Å²) in [4.78, 5) is 10.5. The highest BCUT2D eigenvalue weighted by atomic mass is 35.5. The molecule has 4 nitrogen and oxygen atoms in total. The van der Waals surface area contributed by atoms with E-state index in [1.54, 1.807) is 6.20 Å². The van der Waals surface area contributed by atoms with Gasteiger partial charge < -0.3 is 5.32 Å². The molecule has 1 aromatic rings. The molecule has 0 aliphatic carbocycles. The number of aromatic nitrogens is 2. The van der Waals surface area contributed by atoms with Crippen molar-refractivity contribution in [3.63, 3.8) is 0 Å². The zero-order valence-electron chi connectivity index (χ0n) is 8.78. The van der Waals surface area contributed by atoms with E-state index < -0.39 is 0 Å². The zero-order chi connectivity index (χ0) is 10.7. The largest absolute Gasteiger partial charge is 0.314 e. The van der Waals surface area contributed by atoms with Crippen molar-refractivity contribution in [2.24, 2.45) is 0 Å². The highest BCUT2D eigenvalue weighted by Crippen LogP contribution is 2.09. The van der Waals surface area contributed by atoms with Crippen molar-refractivity contribution in [1.29, 1.82) is 0 Å². The van der Waals surface area contributed by atoms with Crippen LogP contribution < -0.4 is 5.32 Å². The summed E-state index contributed by atoms with van der Waals surface area (Å²) in [5.41, 5.74) is 0.990. The van der Waals surface area contributed by atoms with E-state index >= 15 is 0 Å². The number of hydrogen-bond acceptors (Lipinski definition) is 4. The maximum absolute atomic E-state index is 5.75. The SMILES string of the molecule is CC1CNCCN1Cc1ccnc(Cl)n1. The van der Waals surface area contributed by atoms with Gasteiger partial charge in [-0.3, -0.25) is 4.90 Å². The third kappa shape index (κ3) is 2.87. The van der Waals surface area contributed by atoms with Crippen molar-refractivity contribution < 1.29 is 0 Å². The minimum Gasteiger partial charge on any atom is -0.314 e. The Bertz CT molecular complexity index is 331. The van der Waals surface area contributed by atoms with E-state index in [1.165, 1.54) is 0 Å². The standard InChI is InChI=1S/C10H15ClN4/c1-8-6-12-4-5-15(8)7-9-2-3-13-10(11)14-9/h2-3,8,12H,4-7H2,1H3. The van der Waals surface area contributed by atoms with Gasteiger partial charge in [0.15, 0.2) is 0 Å². The van der Waals surface area contributed by atoms with Crippen LogP contribution in [0.25, 0.3) is 0 Å². The molecule has 15 heavy (non-hydrogen) atoms. The quantitative estimate of drug-likeness (QED) is 0.762. The van der Waals surface area contributed by atoms with Gasteiger partial charge >= 0.3 is 0 Å². The van der Waals surface area contributed by atoms with Gasteiger partial charge in [0.05, 0.1) is 5.69 Å². The Morgan fingerprint density at radius 2 is 2.53 bits per heavy atom. The van der Waals surface area contributed by atoms with Gasteiger partial charge in [-0.1, -0.05) is 0 Å². The topological polar surface area (TPSA) is 41.0 Å². The minimum atomic E-state index is 0.329. The second-order valence-corrected chi connectivity index (χ2v) is 4.18. The summed E-state index contributed by atoms with van der Waals surface area (Å²) < 4.78 is 0. The lowest BCUT2D eigenvalue weighted by atomic mass is 10.2. The molecule has 1 fully saturated rings. The van der Waals surface area contributed by atoms with Crippen molar-refractivity contribution in [2.45, 2.75) is 19.5 Å². The Morgan fingerprint density at radius 3 is 3.27 bits per heavy atom. The molecule has 1 N–H and O–H groups in total. The Hall–Kier alpha value is -0.710. The first-order valence-electron chi connectivity index (χ1n) is 5.18. The van der Waals surface area contributed by atoms with E-state index in [1.807, 2.05) is 6.07 Å². The van der Waals surface area contributed by atoms with Crippen molar-refractivity contribution in [3.8, 4) is 0 Å². The number of rotatable bonds is 2. The van der Waals surface area contributed by atoms with Crippen molar-refractivity contribution in [1.82, 2.24) is 20.2 Å². The second kappa shape index (κ2) is 4.88. The summed E-state index contributed by atoms with van der Waals surface area (Å²) in [5, 5.41) is 3.69. The lowest BCUT2D eigenvalue weighted by molar-refractivity contribution is 0.163. The molecule has 1 aromatic heterocycles. The van der Waals surface area contributed by atoms with Crippen LogP contribution in [0.1, 0.15) is 12.6 Å². The highest BCUT2D eigenvalue weighted by molar-refractivity contribution is 6.28. The lowest BCUT2D eigenvalue weighted by Gasteiger charge is -2.33. The smallest absolute Gasteiger partial charge is 0.222 e. The molecule has 0 bridgehead atoms. The fourth-order valence-electron chi connectivity index (χ4n) is 1.78. The molecule has 2 rings (SSSR count). The van der Waals surface area contributed by atoms with E-state index in [2.05, 4.69) is 27.1 Å². The van der Waals surface area contributed by atoms with Gasteiger partial charge in [-0.15, -0.1) is 0 Å². The van der Waals surface area contributed by atoms with Crippen LogP contribution in [0.15, 0.2) is 12.3 Å². The summed E-state index contributed by atoms with van der Waals surface area (Å²) >= 11 is 5.75. The highest BCUT2D eigenvalue weighted by Gasteiger charge is 2.18. The first kappa shape index (κ1) is 10.8. The maximum Gasteiger partial charge on any atom is 0.222 e. The predicted octanol–water partition coefficient (Wildman–Crippen LogP) is 0.924. The zero-order valence-corrected chi connectivity index (χ0v) is 9.54. The van der Waals surface area contributed by atoms with Crippen molar-refractivity contribution >= 4 is 11.6 Å². The first-order chi connectivity index (χ1) is 7.25. The Morgan fingerprint density at radius 1 is 1.67 bits per heavy atom. The Balaban J connectivity index is 2.01. The van der Waals surface area contributed by atoms with Gasteiger partial charge in [-0.2, -0.15) is 0 Å². The molecular weight excluding hydrogens is 212 g/mol. The van der Waals surface area contributed by atoms with E-state index in [4.69, 9.17) is 11.6 Å². The van der Waals surface area contributed by atoms with Gasteiger partial charge in [0.25, 0.3) is 0 Å². The average Bonchev–Trinajstić information content (AvgIpc) is 2.22. The molecule has 1 aliphatic rings. The van der Waals surface area contributed by atoms with E-state index in [0.29, 0.717) is 11.3 Å². The molecule has 1 saturated heterocycles. The third-order valence-electron chi connectivity index (χ3n) is 2.69. The molecule has 0 radical (unpaired) electrons. The summed E-state index contributed by atoms with van der Waals surface area (Å²) in [6.07, 6.45) is 1.71. The van der Waals surface area contributed by atoms with Crippen LogP contribution in [0.5, 0.6) is 0 Å². The average molecular weight is 227 g/mol. The van der Waals surface area contributed by atoms with Crippen LogP contribution in [0.4, 0.5) is 0 Å². The molecule has 0 saturated carbocycles. The number of nitrogens with zero attached hydrogens (tertiary/aromatic N) is 3. The summed E-state index contributed by atoms with van der Waals surface area (Å²) in [6, 6.07) is 2.47. The number of halogens is 1. The summed E-state index contributed by atoms with van der Waals surface area (Å²) in [7, 11) is 0. The summed E-state index contributed by atoms with van der Waals surface area (Å²) in [5.74, 6) is 0. The van der Waals surface area contributed by atoms with E-state index in [-0.39, 0.29) is 0 Å². The molecule has 1 unspecified atom stereocenters. The Kier molecular flexibility index (Phi) is 3.51. The molecule has 2 heterocycles. The summed E-state index contributed by atoms with van der Waals surface area (Å²) in [6.45, 7) is 6.21. The van der Waals surface area contributed by atoms with Gasteiger partial charge in [0.1, 0.15) is 0 Å². The molecule has 1 aliphatic heterocycles. The minimum absolute atomic E-state index is 0.329. The van der Waals surface area contributed by atoms with Crippen LogP contribution in [0, 0.1) is 0 Å². The van der Waals surface area contributed by atoms with Crippen LogP contribution in [0.3, 0.4) is 0 Å². The normalized spacial score (nSPS) is 22.9. The van der Waals surface area contributed by atoms with Crippen molar-refractivity contribution in [2.75, 3.05) is 19.6 Å². The number of nitrogens with one attached hydrogen (secondary N) is 1. The van der Waals surface area contributed by atoms with Crippen LogP contribution in [-0.2, 0) is 6.54 Å². The Labute approximate surface area is 94.7 Å². The molecule has 82 valence electrons. The lowest BCUT2D eigenvalue weighted by Crippen LogP contribution is -2.49. The fourth-order valence-corrected chi connectivity index (χ4v) is 1.95. The van der Waals surface area contributed by atoms with Gasteiger partial charge in [-0.05, 0) is 24.6 Å². The van der Waals surface area contributed by atoms with E-state index in [9.17, 15) is 0 Å². The third-order valence-corrected chi connectivity index (χ3v) is 2.87. The maximum atomic E-state index is 5.75. The molecule has 0 aromatic carbocycles. The van der Waals surface area contributed by atoms with Crippen molar-refractivity contribution in [3.05, 3.63) is 23.2 Å². The fraction of sp³-hybridized carbons (Fsp3) is 0.600. The van der Waals surface area contributed by atoms with Gasteiger partial charge in [-0.25, -0.2) is 9.97 Å². The first-order valence-corrected chi connectivity index (χ1v) is 5.55. The molecule has 5 heteroatoms. The molecule has 0 spiro atoms. The number of hydrogen-bond donors (Lipinski definition) is 1. The number of piperazine rings is 1. The van der Waals surface area contributed by atoms with Crippen LogP contribution in [-0.4, -0.2) is 40.5 Å². The van der Waals surface area contributed by atoms with Gasteiger partial charge in [0, 0.05) is 38.4 Å².